The van der Waals surface area contributed by atoms with Crippen LogP contribution in [-0.2, 0) is 9.59 Å². The molecule has 1 aliphatic heterocycles. The van der Waals surface area contributed by atoms with Crippen molar-refractivity contribution in [3.63, 3.8) is 0 Å². The average Bonchev–Trinajstić information content (AvgIpc) is 3.17. The van der Waals surface area contributed by atoms with Crippen LogP contribution in [0.25, 0.3) is 0 Å². The van der Waals surface area contributed by atoms with Gasteiger partial charge in [0.25, 0.3) is 0 Å². The van der Waals surface area contributed by atoms with Crippen LogP contribution in [0.1, 0.15) is 12.8 Å². The maximum atomic E-state index is 12.2. The lowest BCUT2D eigenvalue weighted by Crippen LogP contribution is -2.36. The Hall–Kier alpha value is -2.86. The highest BCUT2D eigenvalue weighted by molar-refractivity contribution is 5.94. The molecule has 0 spiro atoms. The third-order valence-electron chi connectivity index (χ3n) is 4.51. The minimum absolute atomic E-state index is 0.140. The van der Waals surface area contributed by atoms with E-state index in [2.05, 4.69) is 15.5 Å². The van der Waals surface area contributed by atoms with Gasteiger partial charge in [0.1, 0.15) is 0 Å². The van der Waals surface area contributed by atoms with Crippen molar-refractivity contribution in [2.75, 3.05) is 48.8 Å². The van der Waals surface area contributed by atoms with Crippen LogP contribution in [0, 0.1) is 0 Å². The van der Waals surface area contributed by atoms with E-state index >= 15 is 0 Å². The molecule has 2 N–H and O–H groups in total. The van der Waals surface area contributed by atoms with Crippen molar-refractivity contribution in [2.24, 2.45) is 0 Å². The second-order valence-electron chi connectivity index (χ2n) is 6.88. The van der Waals surface area contributed by atoms with E-state index in [1.54, 1.807) is 11.9 Å². The minimum atomic E-state index is -0.147. The number of carbonyl (C=O) groups excluding carboxylic acids is 2. The quantitative estimate of drug-likeness (QED) is 0.791. The maximum absolute atomic E-state index is 12.2. The lowest BCUT2D eigenvalue weighted by Gasteiger charge is -2.18. The van der Waals surface area contributed by atoms with Gasteiger partial charge in [-0.05, 0) is 56.3 Å². The molecule has 0 aromatic heterocycles. The Labute approximate surface area is 160 Å². The first-order valence-corrected chi connectivity index (χ1v) is 9.28. The first kappa shape index (κ1) is 18.9. The van der Waals surface area contributed by atoms with E-state index in [1.807, 2.05) is 54.6 Å². The van der Waals surface area contributed by atoms with Crippen molar-refractivity contribution in [1.29, 1.82) is 0 Å². The number of nitrogens with one attached hydrogen (secondary N) is 2. The van der Waals surface area contributed by atoms with Crippen molar-refractivity contribution >= 4 is 28.9 Å². The maximum Gasteiger partial charge on any atom is 0.238 e. The number of anilines is 3. The molecular formula is C21H26N4O2. The average molecular weight is 366 g/mol. The summed E-state index contributed by atoms with van der Waals surface area (Å²) in [5.74, 6) is -0.287. The molecule has 2 aromatic rings. The summed E-state index contributed by atoms with van der Waals surface area (Å²) in [6.45, 7) is 2.50. The summed E-state index contributed by atoms with van der Waals surface area (Å²) in [7, 11) is 1.75. The standard InChI is InChI=1S/C21H26N4O2/c1-24(15-20(26)22-17-7-3-2-4-8-17)16-21(27)23-18-9-11-19(12-10-18)25-13-5-6-14-25/h2-4,7-12H,5-6,13-16H2,1H3,(H,22,26)(H,23,27). The van der Waals surface area contributed by atoms with Gasteiger partial charge in [0.15, 0.2) is 0 Å². The molecule has 1 fully saturated rings. The highest BCUT2D eigenvalue weighted by Crippen LogP contribution is 2.22. The summed E-state index contributed by atoms with van der Waals surface area (Å²) < 4.78 is 0. The van der Waals surface area contributed by atoms with Gasteiger partial charge in [-0.1, -0.05) is 18.2 Å². The van der Waals surface area contributed by atoms with Gasteiger partial charge in [-0.2, -0.15) is 0 Å². The van der Waals surface area contributed by atoms with Gasteiger partial charge in [-0.15, -0.1) is 0 Å². The predicted molar refractivity (Wildman–Crippen MR) is 109 cm³/mol. The summed E-state index contributed by atoms with van der Waals surface area (Å²) in [5, 5.41) is 5.69. The van der Waals surface area contributed by atoms with Gasteiger partial charge in [-0.25, -0.2) is 0 Å². The number of amides is 2. The fourth-order valence-electron chi connectivity index (χ4n) is 3.20. The summed E-state index contributed by atoms with van der Waals surface area (Å²) >= 11 is 0. The third-order valence-corrected chi connectivity index (χ3v) is 4.51. The van der Waals surface area contributed by atoms with Gasteiger partial charge in [-0.3, -0.25) is 14.5 Å². The normalized spacial score (nSPS) is 13.6. The highest BCUT2D eigenvalue weighted by atomic mass is 16.2. The van der Waals surface area contributed by atoms with Crippen molar-refractivity contribution in [3.8, 4) is 0 Å². The van der Waals surface area contributed by atoms with Gasteiger partial charge < -0.3 is 15.5 Å². The van der Waals surface area contributed by atoms with Gasteiger partial charge in [0.2, 0.25) is 11.8 Å². The van der Waals surface area contributed by atoms with Crippen molar-refractivity contribution < 1.29 is 9.59 Å². The van der Waals surface area contributed by atoms with Crippen LogP contribution in [-0.4, -0.2) is 49.9 Å². The van der Waals surface area contributed by atoms with Crippen LogP contribution in [0.4, 0.5) is 17.1 Å². The lowest BCUT2D eigenvalue weighted by molar-refractivity contribution is -0.119. The van der Waals surface area contributed by atoms with Crippen LogP contribution in [0.3, 0.4) is 0 Å². The SMILES string of the molecule is CN(CC(=O)Nc1ccccc1)CC(=O)Nc1ccc(N2CCCC2)cc1. The van der Waals surface area contributed by atoms with E-state index in [9.17, 15) is 9.59 Å². The molecule has 2 amide bonds. The van der Waals surface area contributed by atoms with Gasteiger partial charge >= 0.3 is 0 Å². The molecule has 0 unspecified atom stereocenters. The fraction of sp³-hybridized carbons (Fsp3) is 0.333. The molecule has 0 bridgehead atoms. The summed E-state index contributed by atoms with van der Waals surface area (Å²) in [5.41, 5.74) is 2.71. The Balaban J connectivity index is 1.43. The molecule has 0 saturated carbocycles. The monoisotopic (exact) mass is 366 g/mol. The van der Waals surface area contributed by atoms with E-state index < -0.39 is 0 Å². The smallest absolute Gasteiger partial charge is 0.238 e. The lowest BCUT2D eigenvalue weighted by atomic mass is 10.2. The Morgan fingerprint density at radius 1 is 0.852 bits per heavy atom. The number of carbonyl (C=O) groups is 2. The Bertz CT molecular complexity index is 756. The zero-order valence-electron chi connectivity index (χ0n) is 15.6. The molecule has 1 saturated heterocycles. The number of para-hydroxylation sites is 1. The van der Waals surface area contributed by atoms with Crippen LogP contribution in [0.5, 0.6) is 0 Å². The molecule has 3 rings (SSSR count). The van der Waals surface area contributed by atoms with E-state index in [4.69, 9.17) is 0 Å². The van der Waals surface area contributed by atoms with E-state index in [1.165, 1.54) is 18.5 Å². The summed E-state index contributed by atoms with van der Waals surface area (Å²) in [6, 6.07) is 17.2. The largest absolute Gasteiger partial charge is 0.372 e. The Morgan fingerprint density at radius 3 is 1.93 bits per heavy atom. The van der Waals surface area contributed by atoms with Crippen LogP contribution < -0.4 is 15.5 Å². The molecule has 0 atom stereocenters. The van der Waals surface area contributed by atoms with Crippen LogP contribution >= 0.6 is 0 Å². The van der Waals surface area contributed by atoms with E-state index in [0.717, 1.165) is 24.5 Å². The van der Waals surface area contributed by atoms with Gasteiger partial charge in [0, 0.05) is 30.2 Å². The van der Waals surface area contributed by atoms with Crippen molar-refractivity contribution in [3.05, 3.63) is 54.6 Å². The van der Waals surface area contributed by atoms with Crippen molar-refractivity contribution in [1.82, 2.24) is 4.90 Å². The Kier molecular flexibility index (Phi) is 6.44. The molecule has 142 valence electrons. The molecule has 6 heteroatoms. The first-order chi connectivity index (χ1) is 13.1. The second-order valence-corrected chi connectivity index (χ2v) is 6.88. The molecule has 27 heavy (non-hydrogen) atoms. The minimum Gasteiger partial charge on any atom is -0.372 e. The Morgan fingerprint density at radius 2 is 1.37 bits per heavy atom. The fourth-order valence-corrected chi connectivity index (χ4v) is 3.20. The van der Waals surface area contributed by atoms with Crippen LogP contribution in [0.15, 0.2) is 54.6 Å². The topological polar surface area (TPSA) is 64.7 Å². The van der Waals surface area contributed by atoms with Gasteiger partial charge in [0.05, 0.1) is 13.1 Å². The first-order valence-electron chi connectivity index (χ1n) is 9.28. The van der Waals surface area contributed by atoms with Crippen molar-refractivity contribution in [2.45, 2.75) is 12.8 Å². The molecule has 0 aliphatic carbocycles. The zero-order chi connectivity index (χ0) is 19.1. The second kappa shape index (κ2) is 9.19. The molecule has 1 aliphatic rings. The van der Waals surface area contributed by atoms with E-state index in [-0.39, 0.29) is 24.9 Å². The number of rotatable bonds is 7. The number of likely N-dealkylation sites (N-methyl/N-ethyl adjacent to an activating group) is 1. The molecule has 2 aromatic carbocycles. The highest BCUT2D eigenvalue weighted by Gasteiger charge is 2.13. The zero-order valence-corrected chi connectivity index (χ0v) is 15.6. The molecular weight excluding hydrogens is 340 g/mol. The number of hydrogen-bond donors (Lipinski definition) is 2. The number of nitrogens with zero attached hydrogens (tertiary/aromatic N) is 2. The summed E-state index contributed by atoms with van der Waals surface area (Å²) in [6.07, 6.45) is 2.48. The third kappa shape index (κ3) is 5.82. The van der Waals surface area contributed by atoms with E-state index in [0.29, 0.717) is 0 Å². The number of benzene rings is 2. The van der Waals surface area contributed by atoms with Crippen LogP contribution in [0.2, 0.25) is 0 Å². The summed E-state index contributed by atoms with van der Waals surface area (Å²) in [4.78, 5) is 28.3. The number of hydrogen-bond acceptors (Lipinski definition) is 4. The molecule has 1 heterocycles. The molecule has 6 nitrogen and oxygen atoms in total. The molecule has 0 radical (unpaired) electrons. The predicted octanol–water partition coefficient (Wildman–Crippen LogP) is 2.80.